The minimum atomic E-state index is -3.32. The summed E-state index contributed by atoms with van der Waals surface area (Å²) in [5.41, 5.74) is 0. The van der Waals surface area contributed by atoms with Crippen molar-refractivity contribution in [2.24, 2.45) is 5.92 Å². The van der Waals surface area contributed by atoms with E-state index in [1.807, 2.05) is 7.05 Å². The molecule has 2 unspecified atom stereocenters. The van der Waals surface area contributed by atoms with Crippen molar-refractivity contribution in [1.82, 2.24) is 19.2 Å². The van der Waals surface area contributed by atoms with Gasteiger partial charge in [-0.25, -0.2) is 4.72 Å². The number of hydrogen-bond acceptors (Lipinski definition) is 4. The maximum absolute atomic E-state index is 12.4. The van der Waals surface area contributed by atoms with Crippen LogP contribution in [-0.4, -0.2) is 70.5 Å². The van der Waals surface area contributed by atoms with E-state index in [0.29, 0.717) is 31.6 Å². The highest BCUT2D eigenvalue weighted by Gasteiger charge is 2.30. The van der Waals surface area contributed by atoms with E-state index in [4.69, 9.17) is 0 Å². The highest BCUT2D eigenvalue weighted by molar-refractivity contribution is 7.87. The van der Waals surface area contributed by atoms with E-state index in [2.05, 4.69) is 22.0 Å². The van der Waals surface area contributed by atoms with Gasteiger partial charge in [-0.15, -0.1) is 0 Å². The Morgan fingerprint density at radius 1 is 1.15 bits per heavy atom. The van der Waals surface area contributed by atoms with Crippen molar-refractivity contribution in [3.8, 4) is 0 Å². The smallest absolute Gasteiger partial charge is 0.279 e. The van der Waals surface area contributed by atoms with E-state index < -0.39 is 10.2 Å². The van der Waals surface area contributed by atoms with Crippen LogP contribution in [0, 0.1) is 5.92 Å². The molecule has 2 saturated heterocycles. The van der Waals surface area contributed by atoms with Crippen LogP contribution in [0.5, 0.6) is 0 Å². The molecular formula is C13H28N4O2S. The summed E-state index contributed by atoms with van der Waals surface area (Å²) in [6.07, 6.45) is 4.31. The Labute approximate surface area is 123 Å². The molecule has 2 aliphatic heterocycles. The van der Waals surface area contributed by atoms with Gasteiger partial charge in [0.1, 0.15) is 0 Å². The van der Waals surface area contributed by atoms with Gasteiger partial charge in [-0.3, -0.25) is 0 Å². The third kappa shape index (κ3) is 4.14. The highest BCUT2D eigenvalue weighted by atomic mass is 32.2. The molecule has 2 atom stereocenters. The highest BCUT2D eigenvalue weighted by Crippen LogP contribution is 2.19. The summed E-state index contributed by atoms with van der Waals surface area (Å²) >= 11 is 0. The number of rotatable bonds is 6. The molecule has 0 aromatic rings. The molecule has 2 aliphatic rings. The first-order valence-electron chi connectivity index (χ1n) is 7.62. The van der Waals surface area contributed by atoms with Gasteiger partial charge in [0, 0.05) is 25.7 Å². The zero-order valence-electron chi connectivity index (χ0n) is 12.6. The van der Waals surface area contributed by atoms with Gasteiger partial charge < -0.3 is 10.2 Å². The number of nitrogens with zero attached hydrogens (tertiary/aromatic N) is 2. The monoisotopic (exact) mass is 304 g/mol. The Morgan fingerprint density at radius 2 is 1.90 bits per heavy atom. The van der Waals surface area contributed by atoms with Gasteiger partial charge in [0.2, 0.25) is 0 Å². The van der Waals surface area contributed by atoms with Crippen LogP contribution in [0.15, 0.2) is 0 Å². The van der Waals surface area contributed by atoms with Crippen molar-refractivity contribution in [2.75, 3.05) is 46.8 Å². The van der Waals surface area contributed by atoms with Crippen molar-refractivity contribution in [2.45, 2.75) is 31.7 Å². The van der Waals surface area contributed by atoms with Gasteiger partial charge in [0.05, 0.1) is 0 Å². The van der Waals surface area contributed by atoms with Crippen molar-refractivity contribution in [1.29, 1.82) is 0 Å². The second-order valence-electron chi connectivity index (χ2n) is 6.05. The standard InChI is InChI=1S/C13H28N4O2S/c1-14-9-12-5-3-8-17(11-12)20(18,19)15-10-13-6-4-7-16(13)2/h12-15H,3-11H2,1-2H3. The fourth-order valence-corrected chi connectivity index (χ4v) is 4.59. The van der Waals surface area contributed by atoms with Gasteiger partial charge in [-0.05, 0) is 58.8 Å². The van der Waals surface area contributed by atoms with E-state index in [-0.39, 0.29) is 0 Å². The lowest BCUT2D eigenvalue weighted by Crippen LogP contribution is -2.49. The van der Waals surface area contributed by atoms with Crippen molar-refractivity contribution >= 4 is 10.2 Å². The molecule has 0 saturated carbocycles. The molecule has 20 heavy (non-hydrogen) atoms. The van der Waals surface area contributed by atoms with Crippen LogP contribution in [-0.2, 0) is 10.2 Å². The summed E-state index contributed by atoms with van der Waals surface area (Å²) in [7, 11) is 0.667. The van der Waals surface area contributed by atoms with Gasteiger partial charge in [0.15, 0.2) is 0 Å². The lowest BCUT2D eigenvalue weighted by atomic mass is 10.00. The van der Waals surface area contributed by atoms with Crippen LogP contribution >= 0.6 is 0 Å². The van der Waals surface area contributed by atoms with E-state index in [1.54, 1.807) is 4.31 Å². The zero-order valence-corrected chi connectivity index (χ0v) is 13.5. The first-order chi connectivity index (χ1) is 9.53. The lowest BCUT2D eigenvalue weighted by Gasteiger charge is -2.32. The predicted molar refractivity (Wildman–Crippen MR) is 80.8 cm³/mol. The minimum absolute atomic E-state index is 0.350. The molecule has 0 aliphatic carbocycles. The molecule has 2 rings (SSSR count). The Balaban J connectivity index is 1.85. The Morgan fingerprint density at radius 3 is 2.55 bits per heavy atom. The molecule has 7 heteroatoms. The Hall–Kier alpha value is -0.210. The average molecular weight is 304 g/mol. The zero-order chi connectivity index (χ0) is 14.6. The van der Waals surface area contributed by atoms with Crippen LogP contribution in [0.3, 0.4) is 0 Å². The Kier molecular flexibility index (Phi) is 5.80. The van der Waals surface area contributed by atoms with Crippen molar-refractivity contribution in [3.05, 3.63) is 0 Å². The Bertz CT molecular complexity index is 399. The van der Waals surface area contributed by atoms with E-state index in [9.17, 15) is 8.42 Å². The minimum Gasteiger partial charge on any atom is -0.319 e. The maximum atomic E-state index is 12.4. The molecule has 0 bridgehead atoms. The van der Waals surface area contributed by atoms with Crippen molar-refractivity contribution in [3.63, 3.8) is 0 Å². The molecule has 0 aromatic carbocycles. The molecule has 2 heterocycles. The number of likely N-dealkylation sites (N-methyl/N-ethyl adjacent to an activating group) is 1. The molecule has 0 aromatic heterocycles. The quantitative estimate of drug-likeness (QED) is 0.716. The summed E-state index contributed by atoms with van der Waals surface area (Å²) in [5.74, 6) is 0.430. The first-order valence-corrected chi connectivity index (χ1v) is 9.06. The van der Waals surface area contributed by atoms with E-state index in [0.717, 1.165) is 38.8 Å². The van der Waals surface area contributed by atoms with Crippen molar-refractivity contribution < 1.29 is 8.42 Å². The van der Waals surface area contributed by atoms with Gasteiger partial charge in [-0.1, -0.05) is 0 Å². The van der Waals surface area contributed by atoms with Crippen LogP contribution in [0.25, 0.3) is 0 Å². The van der Waals surface area contributed by atoms with E-state index in [1.165, 1.54) is 0 Å². The summed E-state index contributed by atoms with van der Waals surface area (Å²) < 4.78 is 29.2. The fraction of sp³-hybridized carbons (Fsp3) is 1.00. The maximum Gasteiger partial charge on any atom is 0.279 e. The van der Waals surface area contributed by atoms with Crippen LogP contribution in [0.4, 0.5) is 0 Å². The normalized spacial score (nSPS) is 29.9. The van der Waals surface area contributed by atoms with Gasteiger partial charge >= 0.3 is 0 Å². The third-order valence-corrected chi connectivity index (χ3v) is 6.03. The predicted octanol–water partition coefficient (Wildman–Crippen LogP) is -0.154. The number of hydrogen-bond donors (Lipinski definition) is 2. The fourth-order valence-electron chi connectivity index (χ4n) is 3.23. The summed E-state index contributed by atoms with van der Waals surface area (Å²) in [4.78, 5) is 2.24. The first kappa shape index (κ1) is 16.2. The van der Waals surface area contributed by atoms with E-state index >= 15 is 0 Å². The molecule has 0 spiro atoms. The topological polar surface area (TPSA) is 64.7 Å². The third-order valence-electron chi connectivity index (χ3n) is 4.49. The molecule has 2 fully saturated rings. The number of piperidine rings is 1. The molecule has 0 amide bonds. The van der Waals surface area contributed by atoms with Crippen LogP contribution in [0.1, 0.15) is 25.7 Å². The molecule has 6 nitrogen and oxygen atoms in total. The average Bonchev–Trinajstić information content (AvgIpc) is 2.83. The summed E-state index contributed by atoms with van der Waals surface area (Å²) in [5, 5.41) is 3.14. The van der Waals surface area contributed by atoms with Crippen LogP contribution < -0.4 is 10.0 Å². The molecule has 2 N–H and O–H groups in total. The second kappa shape index (κ2) is 7.17. The lowest BCUT2D eigenvalue weighted by molar-refractivity contribution is 0.257. The van der Waals surface area contributed by atoms with Gasteiger partial charge in [-0.2, -0.15) is 12.7 Å². The second-order valence-corrected chi connectivity index (χ2v) is 7.81. The molecular weight excluding hydrogens is 276 g/mol. The van der Waals surface area contributed by atoms with Gasteiger partial charge in [0.25, 0.3) is 10.2 Å². The largest absolute Gasteiger partial charge is 0.319 e. The number of likely N-dealkylation sites (tertiary alicyclic amines) is 1. The van der Waals surface area contributed by atoms with Crippen LogP contribution in [0.2, 0.25) is 0 Å². The SMILES string of the molecule is CNCC1CCCN(S(=O)(=O)NCC2CCCN2C)C1. The molecule has 0 radical (unpaired) electrons. The summed E-state index contributed by atoms with van der Waals surface area (Å²) in [6, 6.07) is 0.350. The summed E-state index contributed by atoms with van der Waals surface area (Å²) in [6.45, 7) is 3.77. The molecule has 118 valence electrons. The number of nitrogens with one attached hydrogen (secondary N) is 2.